The highest BCUT2D eigenvalue weighted by molar-refractivity contribution is 7.99. The molecule has 1 aliphatic heterocycles. The first-order valence-electron chi connectivity index (χ1n) is 8.47. The molecule has 7 heteroatoms. The van der Waals surface area contributed by atoms with Crippen molar-refractivity contribution < 1.29 is 9.90 Å². The van der Waals surface area contributed by atoms with Crippen molar-refractivity contribution in [2.45, 2.75) is 45.8 Å². The highest BCUT2D eigenvalue weighted by Gasteiger charge is 2.25. The molecule has 6 nitrogen and oxygen atoms in total. The number of likely N-dealkylation sites (tertiary alicyclic amines) is 1. The monoisotopic (exact) mass is 353 g/mol. The van der Waals surface area contributed by atoms with Crippen LogP contribution >= 0.6 is 11.8 Å². The van der Waals surface area contributed by atoms with Gasteiger partial charge in [0.15, 0.2) is 5.16 Å². The molecule has 0 aliphatic carbocycles. The third-order valence-corrected chi connectivity index (χ3v) is 5.01. The average Bonchev–Trinajstić information content (AvgIpc) is 2.46. The number of carbonyl (C=O) groups is 1. The number of carbonyl (C=O) groups excluding carboxylic acids is 1. The quantitative estimate of drug-likeness (QED) is 0.649. The first-order chi connectivity index (χ1) is 11.3. The zero-order valence-electron chi connectivity index (χ0n) is 14.9. The van der Waals surface area contributed by atoms with Crippen LogP contribution in [0.2, 0.25) is 0 Å². The first-order valence-corrected chi connectivity index (χ1v) is 9.46. The molecule has 1 aromatic rings. The van der Waals surface area contributed by atoms with Crippen molar-refractivity contribution in [2.75, 3.05) is 18.8 Å². The number of thioether (sulfide) groups is 1. The van der Waals surface area contributed by atoms with E-state index in [0.29, 0.717) is 23.5 Å². The lowest BCUT2D eigenvalue weighted by molar-refractivity contribution is -0.130. The van der Waals surface area contributed by atoms with Crippen LogP contribution in [0.5, 0.6) is 5.88 Å². The molecule has 2 atom stereocenters. The predicted molar refractivity (Wildman–Crippen MR) is 95.2 cm³/mol. The minimum atomic E-state index is -0.296. The summed E-state index contributed by atoms with van der Waals surface area (Å²) in [6.45, 7) is 10.4. The summed E-state index contributed by atoms with van der Waals surface area (Å²) in [5, 5.41) is 10.0. The molecule has 1 amide bonds. The number of piperidine rings is 1. The van der Waals surface area contributed by atoms with Crippen LogP contribution in [-0.4, -0.2) is 44.3 Å². The van der Waals surface area contributed by atoms with Gasteiger partial charge in [0.1, 0.15) is 0 Å². The van der Waals surface area contributed by atoms with E-state index < -0.39 is 0 Å². The Bertz CT molecular complexity index is 634. The smallest absolute Gasteiger partial charge is 0.257 e. The van der Waals surface area contributed by atoms with Crippen molar-refractivity contribution in [2.24, 2.45) is 17.8 Å². The van der Waals surface area contributed by atoms with Gasteiger partial charge in [-0.15, -0.1) is 0 Å². The molecule has 1 aliphatic rings. The molecule has 24 heavy (non-hydrogen) atoms. The van der Waals surface area contributed by atoms with E-state index in [1.807, 2.05) is 18.7 Å². The second-order valence-electron chi connectivity index (χ2n) is 7.27. The highest BCUT2D eigenvalue weighted by Crippen LogP contribution is 2.23. The van der Waals surface area contributed by atoms with E-state index in [4.69, 9.17) is 0 Å². The molecule has 1 aromatic heterocycles. The fourth-order valence-corrected chi connectivity index (χ4v) is 4.11. The van der Waals surface area contributed by atoms with Gasteiger partial charge in [-0.1, -0.05) is 39.5 Å². The Balaban J connectivity index is 2.08. The van der Waals surface area contributed by atoms with E-state index in [-0.39, 0.29) is 29.0 Å². The summed E-state index contributed by atoms with van der Waals surface area (Å²) in [6.07, 6.45) is 1.15. The minimum Gasteiger partial charge on any atom is -0.493 e. The molecule has 0 saturated carbocycles. The van der Waals surface area contributed by atoms with Crippen molar-refractivity contribution in [1.29, 1.82) is 0 Å². The number of hydrogen-bond acceptors (Lipinski definition) is 5. The number of nitrogens with zero attached hydrogens (tertiary/aromatic N) is 3. The summed E-state index contributed by atoms with van der Waals surface area (Å²) >= 11 is 1.22. The van der Waals surface area contributed by atoms with Crippen LogP contribution in [0, 0.1) is 17.8 Å². The first kappa shape index (κ1) is 18.8. The molecular formula is C17H27N3O3S. The summed E-state index contributed by atoms with van der Waals surface area (Å²) in [5.41, 5.74) is -0.286. The molecule has 1 fully saturated rings. The van der Waals surface area contributed by atoms with Crippen LogP contribution in [0.15, 0.2) is 16.0 Å². The van der Waals surface area contributed by atoms with Gasteiger partial charge in [0.25, 0.3) is 5.56 Å². The van der Waals surface area contributed by atoms with Gasteiger partial charge < -0.3 is 10.0 Å². The molecule has 0 bridgehead atoms. The number of rotatable bonds is 5. The second kappa shape index (κ2) is 8.05. The molecule has 1 N–H and O–H groups in total. The van der Waals surface area contributed by atoms with E-state index in [9.17, 15) is 14.7 Å². The Morgan fingerprint density at radius 1 is 1.38 bits per heavy atom. The lowest BCUT2D eigenvalue weighted by atomic mass is 9.92. The Kier molecular flexibility index (Phi) is 6.32. The average molecular weight is 353 g/mol. The maximum Gasteiger partial charge on any atom is 0.257 e. The molecule has 0 spiro atoms. The summed E-state index contributed by atoms with van der Waals surface area (Å²) < 4.78 is 1.53. The fraction of sp³-hybridized carbons (Fsp3) is 0.706. The predicted octanol–water partition coefficient (Wildman–Crippen LogP) is 2.20. The molecular weight excluding hydrogens is 326 g/mol. The number of aromatic nitrogens is 2. The van der Waals surface area contributed by atoms with E-state index in [1.165, 1.54) is 16.3 Å². The van der Waals surface area contributed by atoms with Crippen molar-refractivity contribution in [1.82, 2.24) is 14.5 Å². The largest absolute Gasteiger partial charge is 0.493 e. The minimum absolute atomic E-state index is 0.0621. The molecule has 2 heterocycles. The topological polar surface area (TPSA) is 75.4 Å². The normalized spacial score (nSPS) is 21.3. The van der Waals surface area contributed by atoms with Crippen LogP contribution in [0.25, 0.3) is 0 Å². The fourth-order valence-electron chi connectivity index (χ4n) is 3.20. The standard InChI is InChI=1S/C17H27N3O3S/c1-11(2)7-20-15(22)6-14(21)18-17(20)24-10-16(23)19-8-12(3)5-13(4)9-19/h6,11-13,21H,5,7-10H2,1-4H3/t12-,13-/m0/s1. The van der Waals surface area contributed by atoms with Crippen LogP contribution in [0.4, 0.5) is 0 Å². The number of amides is 1. The van der Waals surface area contributed by atoms with Crippen molar-refractivity contribution in [3.63, 3.8) is 0 Å². The second-order valence-corrected chi connectivity index (χ2v) is 8.22. The van der Waals surface area contributed by atoms with Gasteiger partial charge in [-0.05, 0) is 24.2 Å². The van der Waals surface area contributed by atoms with Crippen LogP contribution in [-0.2, 0) is 11.3 Å². The molecule has 0 unspecified atom stereocenters. The number of hydrogen-bond donors (Lipinski definition) is 1. The van der Waals surface area contributed by atoms with E-state index in [2.05, 4.69) is 18.8 Å². The summed E-state index contributed by atoms with van der Waals surface area (Å²) in [4.78, 5) is 30.5. The number of aromatic hydroxyl groups is 1. The van der Waals surface area contributed by atoms with Crippen LogP contribution in [0.1, 0.15) is 34.1 Å². The van der Waals surface area contributed by atoms with Gasteiger partial charge in [0.05, 0.1) is 11.8 Å². The molecule has 2 rings (SSSR count). The Morgan fingerprint density at radius 2 is 2.00 bits per heavy atom. The SMILES string of the molecule is CC(C)Cn1c(SCC(=O)N2C[C@@H](C)C[C@H](C)C2)nc(O)cc1=O. The maximum absolute atomic E-state index is 12.5. The summed E-state index contributed by atoms with van der Waals surface area (Å²) in [6, 6.07) is 1.11. The van der Waals surface area contributed by atoms with Gasteiger partial charge in [-0.3, -0.25) is 14.2 Å². The van der Waals surface area contributed by atoms with Gasteiger partial charge in [-0.25, -0.2) is 0 Å². The zero-order chi connectivity index (χ0) is 17.9. The molecule has 1 saturated heterocycles. The molecule has 0 radical (unpaired) electrons. The molecule has 0 aromatic carbocycles. The van der Waals surface area contributed by atoms with Crippen molar-refractivity contribution >= 4 is 17.7 Å². The Labute approximate surface area is 147 Å². The van der Waals surface area contributed by atoms with Gasteiger partial charge in [0.2, 0.25) is 11.8 Å². The van der Waals surface area contributed by atoms with Gasteiger partial charge in [0, 0.05) is 19.6 Å². The zero-order valence-corrected chi connectivity index (χ0v) is 15.7. The van der Waals surface area contributed by atoms with Crippen molar-refractivity contribution in [3.05, 3.63) is 16.4 Å². The van der Waals surface area contributed by atoms with Crippen LogP contribution < -0.4 is 5.56 Å². The van der Waals surface area contributed by atoms with Gasteiger partial charge >= 0.3 is 0 Å². The van der Waals surface area contributed by atoms with Crippen LogP contribution in [0.3, 0.4) is 0 Å². The van der Waals surface area contributed by atoms with E-state index in [1.54, 1.807) is 0 Å². The lowest BCUT2D eigenvalue weighted by Gasteiger charge is -2.35. The summed E-state index contributed by atoms with van der Waals surface area (Å²) in [5.74, 6) is 1.30. The summed E-state index contributed by atoms with van der Waals surface area (Å²) in [7, 11) is 0. The highest BCUT2D eigenvalue weighted by atomic mass is 32.2. The third kappa shape index (κ3) is 5.00. The van der Waals surface area contributed by atoms with E-state index >= 15 is 0 Å². The third-order valence-electron chi connectivity index (χ3n) is 4.05. The Hall–Kier alpha value is -1.50. The maximum atomic E-state index is 12.5. The Morgan fingerprint density at radius 3 is 2.58 bits per heavy atom. The lowest BCUT2D eigenvalue weighted by Crippen LogP contribution is -2.43. The molecule has 134 valence electrons. The van der Waals surface area contributed by atoms with Crippen molar-refractivity contribution in [3.8, 4) is 5.88 Å². The van der Waals surface area contributed by atoms with E-state index in [0.717, 1.165) is 25.6 Å². The van der Waals surface area contributed by atoms with Gasteiger partial charge in [-0.2, -0.15) is 4.98 Å².